The van der Waals surface area contributed by atoms with Gasteiger partial charge in [0.2, 0.25) is 0 Å². The fraction of sp³-hybridized carbons (Fsp3) is 0.140. The topological polar surface area (TPSA) is 24.9 Å². The number of rotatable bonds is 3. The van der Waals surface area contributed by atoms with Crippen LogP contribution in [0.1, 0.15) is 52.7 Å². The van der Waals surface area contributed by atoms with Crippen LogP contribution >= 0.6 is 0 Å². The Morgan fingerprint density at radius 3 is 1.66 bits per heavy atom. The molecular weight excluding hydrogens is 741 g/mol. The van der Waals surface area contributed by atoms with Gasteiger partial charge in [0, 0.05) is 59.9 Å². The van der Waals surface area contributed by atoms with Gasteiger partial charge >= 0.3 is 0 Å². The van der Waals surface area contributed by atoms with Gasteiger partial charge in [-0.2, -0.15) is 0 Å². The fourth-order valence-corrected chi connectivity index (χ4v) is 10.7. The third-order valence-electron chi connectivity index (χ3n) is 13.6. The van der Waals surface area contributed by atoms with E-state index in [1.165, 1.54) is 97.8 Å². The van der Waals surface area contributed by atoms with Gasteiger partial charge in [-0.3, -0.25) is 4.40 Å². The molecule has 5 heterocycles. The molecule has 0 N–H and O–H groups in total. The first-order valence-electron chi connectivity index (χ1n) is 21.6. The van der Waals surface area contributed by atoms with Crippen LogP contribution in [0, 0.1) is 0 Å². The minimum absolute atomic E-state index is 0.0558. The zero-order valence-corrected chi connectivity index (χ0v) is 35.3. The van der Waals surface area contributed by atoms with Gasteiger partial charge in [-0.05, 0) is 92.7 Å². The second kappa shape index (κ2) is 11.8. The lowest BCUT2D eigenvalue weighted by Crippen LogP contribution is -2.15. The van der Waals surface area contributed by atoms with Crippen LogP contribution in [-0.2, 0) is 10.8 Å². The molecule has 292 valence electrons. The van der Waals surface area contributed by atoms with E-state index in [9.17, 15) is 0 Å². The van der Waals surface area contributed by atoms with Gasteiger partial charge in [0.1, 0.15) is 5.65 Å². The maximum absolute atomic E-state index is 5.59. The highest BCUT2D eigenvalue weighted by molar-refractivity contribution is 6.39. The molecule has 13 rings (SSSR count). The molecule has 13 aromatic rings. The van der Waals surface area contributed by atoms with Crippen molar-refractivity contribution in [3.63, 3.8) is 0 Å². The average Bonchev–Trinajstić information content (AvgIpc) is 3.99. The van der Waals surface area contributed by atoms with Crippen LogP contribution in [0.4, 0.5) is 17.1 Å². The molecule has 0 amide bonds. The molecule has 5 aromatic heterocycles. The Balaban J connectivity index is 1.30. The van der Waals surface area contributed by atoms with Crippen molar-refractivity contribution in [3.05, 3.63) is 169 Å². The van der Waals surface area contributed by atoms with Crippen LogP contribution in [0.15, 0.2) is 158 Å². The maximum atomic E-state index is 5.59. The summed E-state index contributed by atoms with van der Waals surface area (Å²) in [5, 5.41) is 15.2. The van der Waals surface area contributed by atoms with E-state index < -0.39 is 0 Å². The van der Waals surface area contributed by atoms with Crippen molar-refractivity contribution in [1.29, 1.82) is 0 Å². The van der Waals surface area contributed by atoms with Gasteiger partial charge in [-0.1, -0.05) is 139 Å². The number of fused-ring (bicyclic) bond motifs is 17. The Hall–Kier alpha value is -7.17. The van der Waals surface area contributed by atoms with Crippen LogP contribution in [0.3, 0.4) is 0 Å². The highest BCUT2D eigenvalue weighted by atomic mass is 15.2. The first kappa shape index (κ1) is 34.7. The molecule has 4 heteroatoms. The van der Waals surface area contributed by atoms with E-state index >= 15 is 0 Å². The van der Waals surface area contributed by atoms with Crippen LogP contribution in [0.2, 0.25) is 0 Å². The summed E-state index contributed by atoms with van der Waals surface area (Å²) in [6, 6.07) is 56.4. The van der Waals surface area contributed by atoms with Gasteiger partial charge < -0.3 is 9.30 Å². The van der Waals surface area contributed by atoms with Crippen molar-refractivity contribution in [2.24, 2.45) is 0 Å². The minimum Gasteiger partial charge on any atom is -0.308 e. The highest BCUT2D eigenvalue weighted by Gasteiger charge is 2.31. The van der Waals surface area contributed by atoms with E-state index in [-0.39, 0.29) is 10.8 Å². The van der Waals surface area contributed by atoms with E-state index in [1.807, 2.05) is 0 Å². The summed E-state index contributed by atoms with van der Waals surface area (Å²) in [6.45, 7) is 14.0. The van der Waals surface area contributed by atoms with E-state index in [2.05, 4.69) is 213 Å². The number of benzene rings is 8. The van der Waals surface area contributed by atoms with Gasteiger partial charge in [0.05, 0.1) is 39.5 Å². The molecule has 0 spiro atoms. The Kier molecular flexibility index (Phi) is 6.69. The predicted molar refractivity (Wildman–Crippen MR) is 261 cm³/mol. The highest BCUT2D eigenvalue weighted by Crippen LogP contribution is 2.52. The summed E-state index contributed by atoms with van der Waals surface area (Å²) in [4.78, 5) is 8.05. The number of aromatic nitrogens is 3. The summed E-state index contributed by atoms with van der Waals surface area (Å²) in [7, 11) is 0. The quantitative estimate of drug-likeness (QED) is 0.178. The first-order chi connectivity index (χ1) is 29.6. The fourth-order valence-electron chi connectivity index (χ4n) is 10.7. The Morgan fingerprint density at radius 2 is 0.967 bits per heavy atom. The van der Waals surface area contributed by atoms with Gasteiger partial charge in [0.15, 0.2) is 0 Å². The second-order valence-electron chi connectivity index (χ2n) is 19.3. The lowest BCUT2D eigenvalue weighted by atomic mass is 9.85. The molecule has 61 heavy (non-hydrogen) atoms. The zero-order valence-electron chi connectivity index (χ0n) is 35.3. The largest absolute Gasteiger partial charge is 0.308 e. The van der Waals surface area contributed by atoms with Gasteiger partial charge in [0.25, 0.3) is 0 Å². The molecule has 0 saturated heterocycles. The minimum atomic E-state index is -0.0991. The number of pyridine rings is 1. The van der Waals surface area contributed by atoms with Crippen LogP contribution in [-0.4, -0.2) is 13.8 Å². The third kappa shape index (κ3) is 4.57. The molecule has 0 fully saturated rings. The van der Waals surface area contributed by atoms with Crippen molar-refractivity contribution in [2.75, 3.05) is 4.90 Å². The molecule has 0 saturated carbocycles. The van der Waals surface area contributed by atoms with E-state index in [1.54, 1.807) is 0 Å². The number of nitrogens with zero attached hydrogens (tertiary/aromatic N) is 4. The molecule has 0 unspecified atom stereocenters. The Morgan fingerprint density at radius 1 is 0.410 bits per heavy atom. The molecule has 0 atom stereocenters. The van der Waals surface area contributed by atoms with Crippen molar-refractivity contribution in [1.82, 2.24) is 13.8 Å². The molecule has 8 aromatic carbocycles. The van der Waals surface area contributed by atoms with Crippen LogP contribution in [0.25, 0.3) is 97.9 Å². The standard InChI is InChI=1S/C57H44N4/c1-56(2,3)35-28-42-41-26-25-33-17-13-16-24-40(33)51(41)61-52(42)45(29-35)50-49-43-27-34-18-14-15-23-39(34)48-44-30-36(57(4,5)6)31-46(53(44)60(54(43)48)47(49)32-58-55(50)61)59(37-19-9-7-10-20-37)38-21-11-8-12-22-38/h7-32H,1-6H3. The van der Waals surface area contributed by atoms with Crippen molar-refractivity contribution in [3.8, 4) is 0 Å². The number of anilines is 3. The van der Waals surface area contributed by atoms with E-state index in [4.69, 9.17) is 4.98 Å². The first-order valence-corrected chi connectivity index (χ1v) is 21.6. The molecule has 0 aliphatic heterocycles. The van der Waals surface area contributed by atoms with Gasteiger partial charge in [-0.25, -0.2) is 4.98 Å². The Labute approximate surface area is 353 Å². The SMILES string of the molecule is CC(C)(C)c1cc(N(c2ccccc2)c2ccccc2)c2c(c1)c1c3ccccc3cc3c4c5c6cc(C(C)(C)C)cc7c8ccc9ccccc9c8n(c5ncc4n2c31)c76. The lowest BCUT2D eigenvalue weighted by molar-refractivity contribution is 0.591. The molecule has 0 aliphatic rings. The van der Waals surface area contributed by atoms with Gasteiger partial charge in [-0.15, -0.1) is 0 Å². The number of hydrogen-bond donors (Lipinski definition) is 0. The van der Waals surface area contributed by atoms with Crippen molar-refractivity contribution < 1.29 is 0 Å². The molecule has 4 nitrogen and oxygen atoms in total. The second-order valence-corrected chi connectivity index (χ2v) is 19.3. The van der Waals surface area contributed by atoms with Crippen LogP contribution in [0.5, 0.6) is 0 Å². The molecular formula is C57H44N4. The van der Waals surface area contributed by atoms with E-state index in [0.29, 0.717) is 0 Å². The predicted octanol–water partition coefficient (Wildman–Crippen LogP) is 15.8. The molecule has 0 radical (unpaired) electrons. The third-order valence-corrected chi connectivity index (χ3v) is 13.6. The van der Waals surface area contributed by atoms with Crippen molar-refractivity contribution in [2.45, 2.75) is 52.4 Å². The number of hydrogen-bond acceptors (Lipinski definition) is 2. The van der Waals surface area contributed by atoms with Crippen LogP contribution < -0.4 is 4.90 Å². The summed E-state index contributed by atoms with van der Waals surface area (Å²) in [5.41, 5.74) is 12.9. The Bertz CT molecular complexity index is 3890. The average molecular weight is 785 g/mol. The smallest absolute Gasteiger partial charge is 0.146 e. The molecule has 0 bridgehead atoms. The van der Waals surface area contributed by atoms with Crippen molar-refractivity contribution >= 4 is 115 Å². The zero-order chi connectivity index (χ0) is 41.1. The lowest BCUT2D eigenvalue weighted by Gasteiger charge is -2.29. The number of para-hydroxylation sites is 2. The summed E-state index contributed by atoms with van der Waals surface area (Å²) in [5.74, 6) is 0. The normalized spacial score (nSPS) is 13.1. The maximum Gasteiger partial charge on any atom is 0.146 e. The van der Waals surface area contributed by atoms with E-state index in [0.717, 1.165) is 28.2 Å². The molecule has 0 aliphatic carbocycles. The summed E-state index contributed by atoms with van der Waals surface area (Å²) < 4.78 is 5.06. The summed E-state index contributed by atoms with van der Waals surface area (Å²) in [6.07, 6.45) is 2.17. The monoisotopic (exact) mass is 784 g/mol. The summed E-state index contributed by atoms with van der Waals surface area (Å²) >= 11 is 0.